The van der Waals surface area contributed by atoms with Crippen LogP contribution in [0, 0.1) is 13.8 Å². The van der Waals surface area contributed by atoms with E-state index in [9.17, 15) is 9.59 Å². The van der Waals surface area contributed by atoms with Crippen LogP contribution in [0.1, 0.15) is 22.4 Å². The molecule has 30 heavy (non-hydrogen) atoms. The highest BCUT2D eigenvalue weighted by molar-refractivity contribution is 6.33. The number of aromatic nitrogens is 1. The second-order valence-electron chi connectivity index (χ2n) is 7.77. The number of aromatic amines is 1. The van der Waals surface area contributed by atoms with Crippen molar-refractivity contribution in [2.75, 3.05) is 25.5 Å². The second-order valence-corrected chi connectivity index (χ2v) is 8.18. The van der Waals surface area contributed by atoms with Gasteiger partial charge in [-0.25, -0.2) is 0 Å². The van der Waals surface area contributed by atoms with Crippen molar-refractivity contribution in [2.24, 2.45) is 0 Å². The highest BCUT2D eigenvalue weighted by Crippen LogP contribution is 2.25. The van der Waals surface area contributed by atoms with Gasteiger partial charge in [0.25, 0.3) is 0 Å². The molecule has 3 aromatic rings. The Kier molecular flexibility index (Phi) is 5.54. The first-order valence-electron chi connectivity index (χ1n) is 9.86. The number of fused-ring (bicyclic) bond motifs is 2. The third-order valence-corrected chi connectivity index (χ3v) is 5.84. The van der Waals surface area contributed by atoms with E-state index in [4.69, 9.17) is 16.3 Å². The van der Waals surface area contributed by atoms with Crippen LogP contribution in [0.5, 0.6) is 5.75 Å². The highest BCUT2D eigenvalue weighted by atomic mass is 35.5. The minimum Gasteiger partial charge on any atom is -0.497 e. The van der Waals surface area contributed by atoms with Crippen molar-refractivity contribution >= 4 is 34.1 Å². The Morgan fingerprint density at radius 1 is 1.27 bits per heavy atom. The van der Waals surface area contributed by atoms with Gasteiger partial charge in [0.05, 0.1) is 29.9 Å². The van der Waals surface area contributed by atoms with Crippen LogP contribution in [0.4, 0.5) is 5.69 Å². The van der Waals surface area contributed by atoms with E-state index < -0.39 is 0 Å². The van der Waals surface area contributed by atoms with Crippen molar-refractivity contribution in [1.82, 2.24) is 9.88 Å². The molecule has 2 N–H and O–H groups in total. The summed E-state index contributed by atoms with van der Waals surface area (Å²) in [4.78, 5) is 31.1. The van der Waals surface area contributed by atoms with Crippen LogP contribution in [-0.2, 0) is 17.8 Å². The molecule has 0 aliphatic carbocycles. The minimum atomic E-state index is -0.154. The topological polar surface area (TPSA) is 74.4 Å². The number of benzene rings is 2. The Bertz CT molecular complexity index is 1200. The number of aryl methyl sites for hydroxylation is 2. The van der Waals surface area contributed by atoms with Crippen LogP contribution in [0.25, 0.3) is 10.9 Å². The van der Waals surface area contributed by atoms with Gasteiger partial charge in [0.15, 0.2) is 5.43 Å². The van der Waals surface area contributed by atoms with Crippen molar-refractivity contribution in [1.29, 1.82) is 0 Å². The number of hydrogen-bond donors (Lipinski definition) is 2. The fraction of sp³-hybridized carbons (Fsp3) is 0.304. The molecule has 1 amide bonds. The summed E-state index contributed by atoms with van der Waals surface area (Å²) in [6, 6.07) is 9.20. The van der Waals surface area contributed by atoms with Gasteiger partial charge in [-0.3, -0.25) is 14.5 Å². The van der Waals surface area contributed by atoms with Gasteiger partial charge in [-0.1, -0.05) is 17.7 Å². The lowest BCUT2D eigenvalue weighted by atomic mass is 10.0. The lowest BCUT2D eigenvalue weighted by Crippen LogP contribution is -2.39. The van der Waals surface area contributed by atoms with E-state index in [0.717, 1.165) is 22.3 Å². The summed E-state index contributed by atoms with van der Waals surface area (Å²) in [7, 11) is 1.59. The third-order valence-electron chi connectivity index (χ3n) is 5.53. The van der Waals surface area contributed by atoms with Gasteiger partial charge >= 0.3 is 0 Å². The summed E-state index contributed by atoms with van der Waals surface area (Å²) in [5.74, 6) is 0.506. The molecule has 7 heteroatoms. The molecule has 2 heterocycles. The number of anilines is 1. The van der Waals surface area contributed by atoms with Crippen molar-refractivity contribution in [3.05, 3.63) is 68.0 Å². The van der Waals surface area contributed by atoms with Crippen molar-refractivity contribution in [2.45, 2.75) is 26.8 Å². The molecule has 0 saturated carbocycles. The number of nitrogens with zero attached hydrogens (tertiary/aromatic N) is 1. The molecular formula is C23H24ClN3O3. The molecule has 4 rings (SSSR count). The van der Waals surface area contributed by atoms with Crippen molar-refractivity contribution < 1.29 is 9.53 Å². The Morgan fingerprint density at radius 3 is 2.80 bits per heavy atom. The molecule has 0 unspecified atom stereocenters. The van der Waals surface area contributed by atoms with Crippen LogP contribution in [0.15, 0.2) is 35.1 Å². The predicted octanol–water partition coefficient (Wildman–Crippen LogP) is 3.80. The average molecular weight is 426 g/mol. The monoisotopic (exact) mass is 425 g/mol. The van der Waals surface area contributed by atoms with Gasteiger partial charge in [-0.15, -0.1) is 0 Å². The molecule has 2 aromatic carbocycles. The molecule has 6 nitrogen and oxygen atoms in total. The first-order chi connectivity index (χ1) is 14.4. The number of carbonyl (C=O) groups is 1. The Labute approximate surface area is 179 Å². The zero-order chi connectivity index (χ0) is 21.4. The maximum Gasteiger partial charge on any atom is 0.238 e. The summed E-state index contributed by atoms with van der Waals surface area (Å²) in [5.41, 5.74) is 5.09. The van der Waals surface area contributed by atoms with Gasteiger partial charge in [0, 0.05) is 36.2 Å². The molecule has 0 atom stereocenters. The fourth-order valence-electron chi connectivity index (χ4n) is 3.95. The lowest BCUT2D eigenvalue weighted by molar-refractivity contribution is -0.117. The number of amides is 1. The molecule has 0 radical (unpaired) electrons. The number of carbonyl (C=O) groups excluding carboxylic acids is 1. The Morgan fingerprint density at radius 2 is 2.07 bits per heavy atom. The molecule has 0 bridgehead atoms. The van der Waals surface area contributed by atoms with Crippen molar-refractivity contribution in [3.8, 4) is 5.75 Å². The number of pyridine rings is 1. The molecule has 0 saturated heterocycles. The summed E-state index contributed by atoms with van der Waals surface area (Å²) in [6.07, 6.45) is 0.685. The second kappa shape index (κ2) is 8.13. The molecule has 1 aromatic heterocycles. The van der Waals surface area contributed by atoms with Crippen molar-refractivity contribution in [3.63, 3.8) is 0 Å². The lowest BCUT2D eigenvalue weighted by Gasteiger charge is -2.28. The van der Waals surface area contributed by atoms with Gasteiger partial charge in [0.2, 0.25) is 5.91 Å². The summed E-state index contributed by atoms with van der Waals surface area (Å²) < 4.78 is 5.32. The van der Waals surface area contributed by atoms with Gasteiger partial charge < -0.3 is 15.0 Å². The Balaban J connectivity index is 1.55. The van der Waals surface area contributed by atoms with Crippen LogP contribution in [-0.4, -0.2) is 36.0 Å². The van der Waals surface area contributed by atoms with E-state index in [0.29, 0.717) is 46.9 Å². The number of ether oxygens (including phenoxy) is 1. The quantitative estimate of drug-likeness (QED) is 0.666. The third kappa shape index (κ3) is 3.93. The van der Waals surface area contributed by atoms with Crippen LogP contribution in [0.3, 0.4) is 0 Å². The SMILES string of the molecule is COc1cc(C)c2[nH]c3c(c(=O)c2c1)CN(CC(=O)Nc1ccc(C)cc1Cl)CC3. The fourth-order valence-corrected chi connectivity index (χ4v) is 4.23. The molecule has 0 spiro atoms. The maximum absolute atomic E-state index is 13.2. The Hall–Kier alpha value is -2.83. The standard InChI is InChI=1S/C23H24ClN3O3/c1-13-4-5-20(18(24)8-13)25-21(28)12-27-7-6-19-17(11-27)23(29)16-10-15(30-3)9-14(2)22(16)26-19/h4-5,8-10H,6-7,11-12H2,1-3H3,(H,25,28)(H,26,29). The van der Waals surface area contributed by atoms with E-state index in [2.05, 4.69) is 10.3 Å². The smallest absolute Gasteiger partial charge is 0.238 e. The van der Waals surface area contributed by atoms with E-state index >= 15 is 0 Å². The van der Waals surface area contributed by atoms with Crippen LogP contribution >= 0.6 is 11.6 Å². The predicted molar refractivity (Wildman–Crippen MR) is 120 cm³/mol. The molecule has 1 aliphatic rings. The number of methoxy groups -OCH3 is 1. The van der Waals surface area contributed by atoms with E-state index in [1.807, 2.05) is 36.9 Å². The van der Waals surface area contributed by atoms with Crippen LogP contribution in [0.2, 0.25) is 5.02 Å². The first kappa shape index (κ1) is 20.4. The average Bonchev–Trinajstić information content (AvgIpc) is 2.71. The summed E-state index contributed by atoms with van der Waals surface area (Å²) >= 11 is 6.21. The largest absolute Gasteiger partial charge is 0.497 e. The first-order valence-corrected chi connectivity index (χ1v) is 10.2. The number of rotatable bonds is 4. The van der Waals surface area contributed by atoms with Gasteiger partial charge in [-0.05, 0) is 49.2 Å². The number of halogens is 1. The number of H-pyrrole nitrogens is 1. The number of nitrogens with one attached hydrogen (secondary N) is 2. The van der Waals surface area contributed by atoms with E-state index in [-0.39, 0.29) is 17.9 Å². The van der Waals surface area contributed by atoms with Crippen LogP contribution < -0.4 is 15.5 Å². The van der Waals surface area contributed by atoms with Gasteiger partial charge in [-0.2, -0.15) is 0 Å². The van der Waals surface area contributed by atoms with E-state index in [1.165, 1.54) is 0 Å². The molecule has 156 valence electrons. The molecular weight excluding hydrogens is 402 g/mol. The van der Waals surface area contributed by atoms with Gasteiger partial charge in [0.1, 0.15) is 5.75 Å². The van der Waals surface area contributed by atoms with E-state index in [1.54, 1.807) is 19.2 Å². The summed E-state index contributed by atoms with van der Waals surface area (Å²) in [5, 5.41) is 3.99. The zero-order valence-corrected chi connectivity index (χ0v) is 18.0. The molecule has 0 fully saturated rings. The molecule has 1 aliphatic heterocycles. The summed E-state index contributed by atoms with van der Waals surface area (Å²) in [6.45, 7) is 5.21. The minimum absolute atomic E-state index is 0.00700. The number of hydrogen-bond acceptors (Lipinski definition) is 4. The zero-order valence-electron chi connectivity index (χ0n) is 17.3. The maximum atomic E-state index is 13.2. The highest BCUT2D eigenvalue weighted by Gasteiger charge is 2.23. The normalized spacial score (nSPS) is 13.9.